The maximum absolute atomic E-state index is 14.9. The van der Waals surface area contributed by atoms with Crippen LogP contribution < -0.4 is 60.2 Å². The number of ether oxygens (including phenoxy) is 1. The molecule has 0 radical (unpaired) electrons. The third-order valence-corrected chi connectivity index (χ3v) is 17.1. The number of benzene rings is 2. The van der Waals surface area contributed by atoms with Crippen LogP contribution in [-0.4, -0.2) is 188 Å². The third kappa shape index (κ3) is 36.6. The molecule has 0 aliphatic carbocycles. The van der Waals surface area contributed by atoms with Gasteiger partial charge in [0, 0.05) is 50.5 Å². The summed E-state index contributed by atoms with van der Waals surface area (Å²) in [6.45, 7) is 17.6. The van der Waals surface area contributed by atoms with Crippen molar-refractivity contribution >= 4 is 88.5 Å². The molecule has 14 atom stereocenters. The number of halogens is 3. The van der Waals surface area contributed by atoms with Crippen LogP contribution in [0.3, 0.4) is 0 Å². The molecular weight excluding hydrogens is 1410 g/mol. The van der Waals surface area contributed by atoms with Crippen molar-refractivity contribution in [3.63, 3.8) is 0 Å². The number of carbonyl (C=O) groups excluding carboxylic acids is 12. The van der Waals surface area contributed by atoms with Gasteiger partial charge in [-0.3, -0.25) is 62.5 Å². The molecule has 0 aromatic heterocycles. The molecule has 0 saturated carbocycles. The second kappa shape index (κ2) is 48.0. The van der Waals surface area contributed by atoms with E-state index in [1.165, 1.54) is 6.92 Å². The van der Waals surface area contributed by atoms with Gasteiger partial charge in [0.1, 0.15) is 36.8 Å². The van der Waals surface area contributed by atoms with Crippen molar-refractivity contribution in [1.29, 1.82) is 0 Å². The van der Waals surface area contributed by atoms with Crippen molar-refractivity contribution in [3.05, 3.63) is 71.8 Å². The Hall–Kier alpha value is -9.48. The van der Waals surface area contributed by atoms with Crippen LogP contribution in [0.2, 0.25) is 0 Å². The van der Waals surface area contributed by atoms with Gasteiger partial charge in [-0.1, -0.05) is 136 Å². The number of primary amides is 1. The number of hydrogen-bond donors (Lipinski definition) is 16. The number of ketones is 4. The Morgan fingerprint density at radius 1 is 0.542 bits per heavy atom. The van der Waals surface area contributed by atoms with Crippen molar-refractivity contribution in [2.24, 2.45) is 75.3 Å². The largest absolute Gasteiger partial charge is 0.490 e. The minimum Gasteiger partial charge on any atom is -0.481 e. The Balaban J connectivity index is 0.00000775. The van der Waals surface area contributed by atoms with Crippen LogP contribution >= 0.6 is 0 Å². The van der Waals surface area contributed by atoms with Crippen molar-refractivity contribution in [3.8, 4) is 0 Å². The fourth-order valence-electron chi connectivity index (χ4n) is 11.0. The number of carboxylic acid groups (broad SMARTS) is 2. The zero-order valence-corrected chi connectivity index (χ0v) is 62.5. The van der Waals surface area contributed by atoms with Crippen molar-refractivity contribution < 1.29 is 111 Å². The number of Topliss-reactive ketones (excluding diaryl/α,β-unsaturated/α-hetero) is 4. The monoisotopic (exact) mass is 1520 g/mol. The maximum atomic E-state index is 14.9. The lowest BCUT2D eigenvalue weighted by atomic mass is 9.83. The number of amides is 8. The zero-order chi connectivity index (χ0) is 81.7. The van der Waals surface area contributed by atoms with Crippen LogP contribution in [0.5, 0.6) is 0 Å². The fraction of sp³-hybridized carbons (Fsp3) is 0.625. The summed E-state index contributed by atoms with van der Waals surface area (Å²) in [4.78, 5) is 191. The predicted molar refractivity (Wildman–Crippen MR) is 385 cm³/mol. The summed E-state index contributed by atoms with van der Waals surface area (Å²) in [5, 5.41) is 66.7. The average molecular weight is 1520 g/mol. The topological polar surface area (TPSA) is 550 Å². The summed E-state index contributed by atoms with van der Waals surface area (Å²) >= 11 is 0. The highest BCUT2D eigenvalue weighted by molar-refractivity contribution is 6.00. The van der Waals surface area contributed by atoms with E-state index in [9.17, 15) is 95.9 Å². The number of hydrogen-bond acceptors (Lipinski definition) is 20. The molecule has 0 aliphatic heterocycles. The average Bonchev–Trinajstić information content (AvgIpc) is 0.833. The number of nitrogens with two attached hydrogens (primary N) is 4. The summed E-state index contributed by atoms with van der Waals surface area (Å²) in [5.41, 5.74) is 24.4. The molecule has 35 heteroatoms. The number of alkyl carbamates (subject to hydrolysis) is 1. The molecule has 0 saturated heterocycles. The van der Waals surface area contributed by atoms with E-state index in [1.807, 2.05) is 19.9 Å². The number of aliphatic hydroxyl groups excluding tert-OH is 3. The van der Waals surface area contributed by atoms with Crippen LogP contribution in [0.4, 0.5) is 18.0 Å². The van der Waals surface area contributed by atoms with E-state index in [2.05, 4.69) is 42.2 Å². The summed E-state index contributed by atoms with van der Waals surface area (Å²) in [6, 6.07) is 5.35. The van der Waals surface area contributed by atoms with E-state index in [1.54, 1.807) is 110 Å². The van der Waals surface area contributed by atoms with Crippen LogP contribution in [0.15, 0.2) is 65.7 Å². The second-order valence-corrected chi connectivity index (χ2v) is 28.1. The molecule has 0 fully saturated rings. The maximum Gasteiger partial charge on any atom is 0.490 e. The number of guanidine groups is 1. The van der Waals surface area contributed by atoms with Crippen LogP contribution in [0.25, 0.3) is 0 Å². The van der Waals surface area contributed by atoms with Crippen molar-refractivity contribution in [2.45, 2.75) is 227 Å². The van der Waals surface area contributed by atoms with Crippen LogP contribution in [0, 0.1) is 47.3 Å². The van der Waals surface area contributed by atoms with Gasteiger partial charge in [-0.15, -0.1) is 0 Å². The molecule has 2 aromatic rings. The Morgan fingerprint density at radius 2 is 1.04 bits per heavy atom. The molecule has 0 spiro atoms. The van der Waals surface area contributed by atoms with E-state index in [4.69, 9.17) is 37.6 Å². The summed E-state index contributed by atoms with van der Waals surface area (Å²) in [6.07, 6.45) is -12.5. The van der Waals surface area contributed by atoms with Gasteiger partial charge in [0.2, 0.25) is 41.4 Å². The summed E-state index contributed by atoms with van der Waals surface area (Å²) < 4.78 is 37.1. The smallest absolute Gasteiger partial charge is 0.481 e. The summed E-state index contributed by atoms with van der Waals surface area (Å²) in [7, 11) is 0. The van der Waals surface area contributed by atoms with Gasteiger partial charge in [-0.2, -0.15) is 13.2 Å². The molecule has 8 amide bonds. The van der Waals surface area contributed by atoms with Crippen molar-refractivity contribution in [1.82, 2.24) is 37.2 Å². The number of carboxylic acids is 2. The zero-order valence-electron chi connectivity index (χ0n) is 62.5. The van der Waals surface area contributed by atoms with Gasteiger partial charge in [0.05, 0.1) is 49.3 Å². The first kappa shape index (κ1) is 95.5. The molecule has 0 heterocycles. The highest BCUT2D eigenvalue weighted by Gasteiger charge is 2.42. The Kier molecular flexibility index (Phi) is 42.8. The molecule has 0 aliphatic rings. The first-order chi connectivity index (χ1) is 49.8. The Bertz CT molecular complexity index is 3290. The van der Waals surface area contributed by atoms with Gasteiger partial charge >= 0.3 is 24.2 Å². The first-order valence-corrected chi connectivity index (χ1v) is 35.4. The molecule has 2 aromatic carbocycles. The number of rotatable bonds is 48. The van der Waals surface area contributed by atoms with Gasteiger partial charge in [-0.05, 0) is 79.7 Å². The molecule has 32 nitrogen and oxygen atoms in total. The molecule has 1 unspecified atom stereocenters. The van der Waals surface area contributed by atoms with Gasteiger partial charge in [0.15, 0.2) is 29.1 Å². The minimum absolute atomic E-state index is 0.000592. The number of alkyl halides is 3. The van der Waals surface area contributed by atoms with Gasteiger partial charge in [0.25, 0.3) is 0 Å². The SMILES string of the molecule is CC[C@H](C)C(CC(=O)[C@@H](CCCN=C(N)N)NC(=O)[C@@H](CC(=O)[C@@H](NC(=O)[C@@H](NC(=O)[C@H](CC(C)C)NC(=O)[C@@H](CC(C)C)NC(=O)OCc1ccccc1)[C@H](N)c1ccccc1)[C@H](O)C(C)C)CC(C)C)C(=O)N[C@H](C(=O)CCC(=O)N[C@@H](CC(N)=O)C(=O)C[C@@H](CO)C(=O)O)[C@@H](C)O.O=C(O)C(F)(F)F. The summed E-state index contributed by atoms with van der Waals surface area (Å²) in [5.74, 6) is -19.8. The molecule has 0 bridgehead atoms. The number of aliphatic carboxylic acids is 2. The van der Waals surface area contributed by atoms with E-state index in [0.717, 1.165) is 0 Å². The van der Waals surface area contributed by atoms with Gasteiger partial charge in [-0.25, -0.2) is 9.59 Å². The molecule has 2 rings (SSSR count). The van der Waals surface area contributed by atoms with Crippen molar-refractivity contribution in [2.75, 3.05) is 13.2 Å². The lowest BCUT2D eigenvalue weighted by Gasteiger charge is -2.32. The fourth-order valence-corrected chi connectivity index (χ4v) is 11.0. The first-order valence-electron chi connectivity index (χ1n) is 35.4. The lowest BCUT2D eigenvalue weighted by molar-refractivity contribution is -0.192. The number of carbonyl (C=O) groups is 14. The predicted octanol–water partition coefficient (Wildman–Crippen LogP) is 2.19. The molecule has 600 valence electrons. The minimum atomic E-state index is -5.08. The van der Waals surface area contributed by atoms with Crippen LogP contribution in [0.1, 0.15) is 170 Å². The third-order valence-electron chi connectivity index (χ3n) is 17.1. The van der Waals surface area contributed by atoms with E-state index in [-0.39, 0.29) is 69.0 Å². The molecule has 20 N–H and O–H groups in total. The highest BCUT2D eigenvalue weighted by atomic mass is 19.4. The Morgan fingerprint density at radius 3 is 1.52 bits per heavy atom. The second-order valence-electron chi connectivity index (χ2n) is 28.1. The number of aliphatic hydroxyl groups is 3. The molecular formula is C72H111F3N12O20. The lowest BCUT2D eigenvalue weighted by Crippen LogP contribution is -2.61. The van der Waals surface area contributed by atoms with Gasteiger partial charge < -0.3 is 90.4 Å². The van der Waals surface area contributed by atoms with E-state index in [0.29, 0.717) is 17.5 Å². The number of nitrogens with zero attached hydrogens (tertiary/aromatic N) is 1. The number of aliphatic imine (C=N–C) groups is 1. The quantitative estimate of drug-likeness (QED) is 0.0256. The van der Waals surface area contributed by atoms with E-state index >= 15 is 0 Å². The van der Waals surface area contributed by atoms with Crippen LogP contribution in [-0.2, 0) is 73.7 Å². The molecule has 107 heavy (non-hydrogen) atoms. The normalized spacial score (nSPS) is 15.3. The van der Waals surface area contributed by atoms with E-state index < -0.39 is 224 Å². The highest BCUT2D eigenvalue weighted by Crippen LogP contribution is 2.26. The number of nitrogens with one attached hydrogen (secondary N) is 7. The Labute approximate surface area is 620 Å². The standard InChI is InChI=1S/C70H110N12O18.C2HF3O2/c1-12-41(10)47(64(93)80-59(42(11)84)52(85)25-26-57(90)76-49(34-56(71)89)53(86)32-46(35-83)68(97)98)33-54(87)48(24-19-27-75-69(73)74)77-63(92)45(28-37(2)3)31-55(88)60(62(91)40(8)9)81-67(96)61(58(72)44-22-17-14-18-23-44)82-66(95)50(29-38(4)5)78-65(94)51(30-39(6)7)79-70(99)100-36-43-20-15-13-16-21-43;3-2(4,5)1(6)7/h13-18,20-23,37-42,45-51,58-62,83-84,91H,12,19,24-36,72H2,1-11H3,(H2,71,89)(H,76,90)(H,77,92)(H,78,94)(H,79,99)(H,80,93)(H,81,96)(H,82,95)(H,97,98)(H4,73,74,75);(H,6,7)/t41-,42+,45+,46-,47?,48+,49-,50-,51+,58+,59-,60+,61-,62+;/m0./s1.